The van der Waals surface area contributed by atoms with E-state index in [0.717, 1.165) is 13.1 Å². The smallest absolute Gasteiger partial charge is 0.408 e. The predicted molar refractivity (Wildman–Crippen MR) is 71.9 cm³/mol. The summed E-state index contributed by atoms with van der Waals surface area (Å²) in [5, 5.41) is 2.67. The van der Waals surface area contributed by atoms with Crippen LogP contribution in [0.3, 0.4) is 0 Å². The molecule has 4 nitrogen and oxygen atoms in total. The standard InChI is InChI=1S/C14H24F2N2O2/c1-10-5-18(6-10)9-13(7-14(15,16)8-13)17-11(19)20-12(2,3)4/h10H,5-9H2,1-4H3,(H,17,19). The van der Waals surface area contributed by atoms with Gasteiger partial charge >= 0.3 is 6.09 Å². The molecule has 0 unspecified atom stereocenters. The Morgan fingerprint density at radius 1 is 1.35 bits per heavy atom. The summed E-state index contributed by atoms with van der Waals surface area (Å²) in [6.07, 6.45) is -1.21. The monoisotopic (exact) mass is 290 g/mol. The van der Waals surface area contributed by atoms with Gasteiger partial charge in [-0.2, -0.15) is 0 Å². The molecule has 1 aliphatic heterocycles. The summed E-state index contributed by atoms with van der Waals surface area (Å²) < 4.78 is 31.7. The molecule has 2 aliphatic rings. The summed E-state index contributed by atoms with van der Waals surface area (Å²) in [6.45, 7) is 9.68. The van der Waals surface area contributed by atoms with Crippen LogP contribution in [-0.2, 0) is 4.74 Å². The van der Waals surface area contributed by atoms with Crippen molar-refractivity contribution in [1.82, 2.24) is 10.2 Å². The van der Waals surface area contributed by atoms with E-state index in [9.17, 15) is 13.6 Å². The van der Waals surface area contributed by atoms with Gasteiger partial charge < -0.3 is 15.0 Å². The molecule has 6 heteroatoms. The molecule has 116 valence electrons. The second-order valence-electron chi connectivity index (χ2n) is 7.42. The number of nitrogens with zero attached hydrogens (tertiary/aromatic N) is 1. The van der Waals surface area contributed by atoms with Gasteiger partial charge in [-0.25, -0.2) is 13.6 Å². The predicted octanol–water partition coefficient (Wildman–Crippen LogP) is 2.63. The Bertz CT molecular complexity index is 379. The number of carbonyl (C=O) groups excluding carboxylic acids is 1. The molecular formula is C14H24F2N2O2. The molecule has 0 spiro atoms. The van der Waals surface area contributed by atoms with Crippen molar-refractivity contribution in [2.75, 3.05) is 19.6 Å². The molecule has 20 heavy (non-hydrogen) atoms. The van der Waals surface area contributed by atoms with E-state index in [1.165, 1.54) is 0 Å². The number of rotatable bonds is 3. The van der Waals surface area contributed by atoms with Gasteiger partial charge in [-0.1, -0.05) is 6.92 Å². The minimum absolute atomic E-state index is 0.301. The van der Waals surface area contributed by atoms with E-state index in [4.69, 9.17) is 4.74 Å². The molecule has 0 aromatic heterocycles. The number of halogens is 2. The highest BCUT2D eigenvalue weighted by Crippen LogP contribution is 2.46. The number of hydrogen-bond donors (Lipinski definition) is 1. The fourth-order valence-electron chi connectivity index (χ4n) is 3.08. The lowest BCUT2D eigenvalue weighted by molar-refractivity contribution is -0.144. The van der Waals surface area contributed by atoms with E-state index in [1.54, 1.807) is 20.8 Å². The number of likely N-dealkylation sites (tertiary alicyclic amines) is 1. The van der Waals surface area contributed by atoms with Crippen LogP contribution in [0.25, 0.3) is 0 Å². The quantitative estimate of drug-likeness (QED) is 0.869. The Balaban J connectivity index is 1.92. The van der Waals surface area contributed by atoms with Gasteiger partial charge in [0.2, 0.25) is 0 Å². The SMILES string of the molecule is CC1CN(CC2(NC(=O)OC(C)(C)C)CC(F)(F)C2)C1. The van der Waals surface area contributed by atoms with Crippen LogP contribution in [0.5, 0.6) is 0 Å². The van der Waals surface area contributed by atoms with Gasteiger partial charge in [-0.15, -0.1) is 0 Å². The maximum Gasteiger partial charge on any atom is 0.408 e. The lowest BCUT2D eigenvalue weighted by Crippen LogP contribution is -2.69. The zero-order valence-corrected chi connectivity index (χ0v) is 12.6. The largest absolute Gasteiger partial charge is 0.444 e. The van der Waals surface area contributed by atoms with Gasteiger partial charge in [0.25, 0.3) is 5.92 Å². The third-order valence-corrected chi connectivity index (χ3v) is 3.63. The Hall–Kier alpha value is -0.910. The fraction of sp³-hybridized carbons (Fsp3) is 0.929. The van der Waals surface area contributed by atoms with Crippen LogP contribution in [0.4, 0.5) is 13.6 Å². The summed E-state index contributed by atoms with van der Waals surface area (Å²) in [4.78, 5) is 13.9. The minimum atomic E-state index is -2.68. The normalized spacial score (nSPS) is 25.5. The number of alkyl halides is 2. The molecular weight excluding hydrogens is 266 g/mol. The Morgan fingerprint density at radius 2 is 1.90 bits per heavy atom. The van der Waals surface area contributed by atoms with Crippen molar-refractivity contribution in [2.45, 2.75) is 57.6 Å². The zero-order valence-electron chi connectivity index (χ0n) is 12.6. The van der Waals surface area contributed by atoms with Crippen LogP contribution in [0.2, 0.25) is 0 Å². The van der Waals surface area contributed by atoms with Crippen molar-refractivity contribution >= 4 is 6.09 Å². The summed E-state index contributed by atoms with van der Waals surface area (Å²) in [5.41, 5.74) is -1.46. The van der Waals surface area contributed by atoms with E-state index >= 15 is 0 Å². The fourth-order valence-corrected chi connectivity index (χ4v) is 3.08. The number of nitrogens with one attached hydrogen (secondary N) is 1. The molecule has 0 bridgehead atoms. The van der Waals surface area contributed by atoms with Gasteiger partial charge in [0.05, 0.1) is 5.54 Å². The molecule has 1 heterocycles. The Labute approximate surface area is 118 Å². The van der Waals surface area contributed by atoms with Gasteiger partial charge in [-0.3, -0.25) is 0 Å². The number of hydrogen-bond acceptors (Lipinski definition) is 3. The second-order valence-corrected chi connectivity index (χ2v) is 7.42. The highest BCUT2D eigenvalue weighted by atomic mass is 19.3. The molecule has 0 aromatic carbocycles. The molecule has 2 rings (SSSR count). The van der Waals surface area contributed by atoms with Crippen LogP contribution in [0.1, 0.15) is 40.5 Å². The topological polar surface area (TPSA) is 41.6 Å². The third kappa shape index (κ3) is 3.81. The molecule has 0 atom stereocenters. The Kier molecular flexibility index (Phi) is 3.73. The van der Waals surface area contributed by atoms with Gasteiger partial charge in [0, 0.05) is 32.5 Å². The molecule has 1 saturated heterocycles. The summed E-state index contributed by atoms with van der Waals surface area (Å²) in [5.74, 6) is -2.07. The molecule has 1 N–H and O–H groups in total. The molecule has 0 aromatic rings. The van der Waals surface area contributed by atoms with Gasteiger partial charge in [0.15, 0.2) is 0 Å². The van der Waals surface area contributed by atoms with Gasteiger partial charge in [-0.05, 0) is 26.7 Å². The van der Waals surface area contributed by atoms with Crippen molar-refractivity contribution < 1.29 is 18.3 Å². The number of amides is 1. The van der Waals surface area contributed by atoms with E-state index < -0.39 is 23.2 Å². The van der Waals surface area contributed by atoms with Crippen LogP contribution >= 0.6 is 0 Å². The summed E-state index contributed by atoms with van der Waals surface area (Å²) in [6, 6.07) is 0. The highest BCUT2D eigenvalue weighted by molar-refractivity contribution is 5.69. The van der Waals surface area contributed by atoms with Crippen LogP contribution in [0, 0.1) is 5.92 Å². The first kappa shape index (κ1) is 15.5. The highest BCUT2D eigenvalue weighted by Gasteiger charge is 2.58. The van der Waals surface area contributed by atoms with Crippen LogP contribution in [0.15, 0.2) is 0 Å². The maximum absolute atomic E-state index is 13.3. The van der Waals surface area contributed by atoms with E-state index in [2.05, 4.69) is 17.1 Å². The molecule has 2 fully saturated rings. The second kappa shape index (κ2) is 4.83. The summed E-state index contributed by atoms with van der Waals surface area (Å²) >= 11 is 0. The van der Waals surface area contributed by atoms with Crippen LogP contribution < -0.4 is 5.32 Å². The Morgan fingerprint density at radius 3 is 2.30 bits per heavy atom. The first-order valence-electron chi connectivity index (χ1n) is 7.10. The average molecular weight is 290 g/mol. The van der Waals surface area contributed by atoms with E-state index in [1.807, 2.05) is 0 Å². The average Bonchev–Trinajstić information content (AvgIpc) is 2.07. The minimum Gasteiger partial charge on any atom is -0.444 e. The van der Waals surface area contributed by atoms with Crippen molar-refractivity contribution in [1.29, 1.82) is 0 Å². The molecule has 0 radical (unpaired) electrons. The van der Waals surface area contributed by atoms with Crippen LogP contribution in [-0.4, -0.2) is 47.7 Å². The lowest BCUT2D eigenvalue weighted by Gasteiger charge is -2.52. The molecule has 1 saturated carbocycles. The van der Waals surface area contributed by atoms with Crippen molar-refractivity contribution in [2.24, 2.45) is 5.92 Å². The van der Waals surface area contributed by atoms with E-state index in [0.29, 0.717) is 12.5 Å². The lowest BCUT2D eigenvalue weighted by atomic mass is 9.72. The first-order chi connectivity index (χ1) is 8.99. The van der Waals surface area contributed by atoms with Gasteiger partial charge in [0.1, 0.15) is 5.60 Å². The summed E-state index contributed by atoms with van der Waals surface area (Å²) in [7, 11) is 0. The third-order valence-electron chi connectivity index (χ3n) is 3.63. The van der Waals surface area contributed by atoms with E-state index in [-0.39, 0.29) is 12.8 Å². The number of carbonyl (C=O) groups is 1. The molecule has 1 amide bonds. The number of alkyl carbamates (subject to hydrolysis) is 1. The zero-order chi connectivity index (χ0) is 15.2. The first-order valence-corrected chi connectivity index (χ1v) is 7.10. The van der Waals surface area contributed by atoms with Crippen molar-refractivity contribution in [3.63, 3.8) is 0 Å². The van der Waals surface area contributed by atoms with Crippen molar-refractivity contribution in [3.8, 4) is 0 Å². The van der Waals surface area contributed by atoms with Crippen molar-refractivity contribution in [3.05, 3.63) is 0 Å². The maximum atomic E-state index is 13.3. The number of ether oxygens (including phenoxy) is 1. The molecule has 1 aliphatic carbocycles.